The van der Waals surface area contributed by atoms with Gasteiger partial charge in [-0.05, 0) is 24.3 Å². The molecule has 158 valence electrons. The molecule has 1 aliphatic heterocycles. The van der Waals surface area contributed by atoms with Crippen molar-refractivity contribution in [3.05, 3.63) is 95.1 Å². The van der Waals surface area contributed by atoms with E-state index in [2.05, 4.69) is 10.1 Å². The number of phenolic OH excluding ortho intramolecular Hbond substituents is 1. The average molecular weight is 429 g/mol. The molecule has 4 rings (SSSR count). The molecule has 5 nitrogen and oxygen atoms in total. The van der Waals surface area contributed by atoms with Gasteiger partial charge in [-0.25, -0.2) is 9.40 Å². The summed E-state index contributed by atoms with van der Waals surface area (Å²) < 4.78 is 54.0. The van der Waals surface area contributed by atoms with Crippen LogP contribution in [0.1, 0.15) is 39.5 Å². The van der Waals surface area contributed by atoms with E-state index in [1.807, 2.05) is 0 Å². The lowest BCUT2D eigenvalue weighted by molar-refractivity contribution is -0.140. The van der Waals surface area contributed by atoms with E-state index in [0.717, 1.165) is 17.1 Å². The third-order valence-corrected chi connectivity index (χ3v) is 4.94. The SMILES string of the molecule is O=C(c1cccc(C(F)(F)F)c1F)N1N=C(c2cccnc2)CC1c1ccccc1O. The number of benzene rings is 2. The summed E-state index contributed by atoms with van der Waals surface area (Å²) in [4.78, 5) is 17.1. The van der Waals surface area contributed by atoms with Crippen LogP contribution in [0.5, 0.6) is 5.75 Å². The number of amides is 1. The maximum Gasteiger partial charge on any atom is 0.419 e. The van der Waals surface area contributed by atoms with Crippen LogP contribution in [-0.4, -0.2) is 26.7 Å². The molecule has 1 aromatic heterocycles. The first-order valence-corrected chi connectivity index (χ1v) is 9.22. The number of hydrogen-bond donors (Lipinski definition) is 1. The molecule has 1 unspecified atom stereocenters. The molecule has 0 bridgehead atoms. The van der Waals surface area contributed by atoms with Crippen molar-refractivity contribution in [1.29, 1.82) is 0 Å². The van der Waals surface area contributed by atoms with Crippen molar-refractivity contribution >= 4 is 11.6 Å². The van der Waals surface area contributed by atoms with Gasteiger partial charge in [-0.3, -0.25) is 9.78 Å². The summed E-state index contributed by atoms with van der Waals surface area (Å²) in [7, 11) is 0. The second-order valence-corrected chi connectivity index (χ2v) is 6.88. The Morgan fingerprint density at radius 2 is 1.84 bits per heavy atom. The zero-order valence-electron chi connectivity index (χ0n) is 15.8. The number of alkyl halides is 3. The van der Waals surface area contributed by atoms with Gasteiger partial charge in [0.05, 0.1) is 22.9 Å². The quantitative estimate of drug-likeness (QED) is 0.600. The molecule has 1 aliphatic rings. The zero-order valence-corrected chi connectivity index (χ0v) is 15.8. The number of para-hydroxylation sites is 1. The van der Waals surface area contributed by atoms with Gasteiger partial charge in [0.1, 0.15) is 11.6 Å². The Labute approximate surface area is 174 Å². The number of hydrogen-bond acceptors (Lipinski definition) is 4. The minimum absolute atomic E-state index is 0.113. The van der Waals surface area contributed by atoms with Crippen LogP contribution >= 0.6 is 0 Å². The fraction of sp³-hybridized carbons (Fsp3) is 0.136. The van der Waals surface area contributed by atoms with Crippen LogP contribution in [0.2, 0.25) is 0 Å². The predicted molar refractivity (Wildman–Crippen MR) is 104 cm³/mol. The molecule has 1 amide bonds. The van der Waals surface area contributed by atoms with Crippen LogP contribution in [0.3, 0.4) is 0 Å². The molecule has 0 saturated heterocycles. The van der Waals surface area contributed by atoms with Crippen molar-refractivity contribution < 1.29 is 27.5 Å². The molecular formula is C22H15F4N3O2. The third kappa shape index (κ3) is 3.86. The van der Waals surface area contributed by atoms with Gasteiger partial charge >= 0.3 is 6.18 Å². The Kier molecular flexibility index (Phi) is 5.18. The number of hydrazone groups is 1. The highest BCUT2D eigenvalue weighted by Crippen LogP contribution is 2.39. The minimum atomic E-state index is -4.95. The molecule has 0 spiro atoms. The molecule has 2 aromatic carbocycles. The molecule has 1 N–H and O–H groups in total. The molecule has 0 fully saturated rings. The van der Waals surface area contributed by atoms with Crippen LogP contribution in [0.25, 0.3) is 0 Å². The molecular weight excluding hydrogens is 414 g/mol. The first-order chi connectivity index (χ1) is 14.8. The van der Waals surface area contributed by atoms with E-state index in [4.69, 9.17) is 0 Å². The Hall–Kier alpha value is -3.75. The van der Waals surface area contributed by atoms with Gasteiger partial charge in [0, 0.05) is 29.9 Å². The third-order valence-electron chi connectivity index (χ3n) is 4.94. The number of nitrogens with zero attached hydrogens (tertiary/aromatic N) is 3. The van der Waals surface area contributed by atoms with Crippen molar-refractivity contribution in [3.8, 4) is 5.75 Å². The zero-order chi connectivity index (χ0) is 22.2. The van der Waals surface area contributed by atoms with E-state index in [0.29, 0.717) is 22.9 Å². The van der Waals surface area contributed by atoms with Crippen molar-refractivity contribution in [2.75, 3.05) is 0 Å². The summed E-state index contributed by atoms with van der Waals surface area (Å²) in [5.74, 6) is -2.82. The number of aromatic nitrogens is 1. The van der Waals surface area contributed by atoms with E-state index >= 15 is 0 Å². The lowest BCUT2D eigenvalue weighted by Crippen LogP contribution is -2.28. The maximum absolute atomic E-state index is 14.6. The maximum atomic E-state index is 14.6. The van der Waals surface area contributed by atoms with Crippen molar-refractivity contribution in [2.24, 2.45) is 5.10 Å². The van der Waals surface area contributed by atoms with E-state index < -0.39 is 35.1 Å². The topological polar surface area (TPSA) is 65.8 Å². The molecule has 0 saturated carbocycles. The van der Waals surface area contributed by atoms with E-state index in [-0.39, 0.29) is 12.2 Å². The monoisotopic (exact) mass is 429 g/mol. The molecule has 0 radical (unpaired) electrons. The lowest BCUT2D eigenvalue weighted by Gasteiger charge is -2.23. The van der Waals surface area contributed by atoms with E-state index in [9.17, 15) is 27.5 Å². The number of pyridine rings is 1. The van der Waals surface area contributed by atoms with Crippen molar-refractivity contribution in [3.63, 3.8) is 0 Å². The van der Waals surface area contributed by atoms with Crippen molar-refractivity contribution in [2.45, 2.75) is 18.6 Å². The minimum Gasteiger partial charge on any atom is -0.508 e. The van der Waals surface area contributed by atoms with Crippen molar-refractivity contribution in [1.82, 2.24) is 9.99 Å². The second-order valence-electron chi connectivity index (χ2n) is 6.88. The number of phenols is 1. The van der Waals surface area contributed by atoms with Crippen LogP contribution in [0.4, 0.5) is 17.6 Å². The van der Waals surface area contributed by atoms with E-state index in [1.54, 1.807) is 36.5 Å². The lowest BCUT2D eigenvalue weighted by atomic mass is 9.98. The molecule has 31 heavy (non-hydrogen) atoms. The molecule has 1 atom stereocenters. The van der Waals surface area contributed by atoms with Crippen LogP contribution < -0.4 is 0 Å². The van der Waals surface area contributed by atoms with Gasteiger partial charge in [0.25, 0.3) is 5.91 Å². The van der Waals surface area contributed by atoms with Gasteiger partial charge in [-0.15, -0.1) is 0 Å². The summed E-state index contributed by atoms with van der Waals surface area (Å²) in [6.07, 6.45) is -1.71. The highest BCUT2D eigenvalue weighted by atomic mass is 19.4. The largest absolute Gasteiger partial charge is 0.508 e. The second kappa shape index (κ2) is 7.82. The Bertz CT molecular complexity index is 1160. The number of rotatable bonds is 3. The Morgan fingerprint density at radius 1 is 1.06 bits per heavy atom. The highest BCUT2D eigenvalue weighted by molar-refractivity contribution is 6.05. The number of aromatic hydroxyl groups is 1. The summed E-state index contributed by atoms with van der Waals surface area (Å²) in [5, 5.41) is 15.5. The van der Waals surface area contributed by atoms with Gasteiger partial charge < -0.3 is 5.11 Å². The first-order valence-electron chi connectivity index (χ1n) is 9.22. The van der Waals surface area contributed by atoms with Gasteiger partial charge in [0.2, 0.25) is 0 Å². The molecule has 9 heteroatoms. The number of halogens is 4. The standard InChI is InChI=1S/C22H15F4N3O2/c23-20-15(7-3-8-16(20)22(24,25)26)21(31)29-18(14-6-1-2-9-19(14)30)11-17(28-29)13-5-4-10-27-12-13/h1-10,12,18,30H,11H2. The first kappa shape index (κ1) is 20.5. The fourth-order valence-electron chi connectivity index (χ4n) is 3.46. The normalized spacial score (nSPS) is 16.3. The smallest absolute Gasteiger partial charge is 0.419 e. The van der Waals surface area contributed by atoms with Crippen LogP contribution in [-0.2, 0) is 6.18 Å². The van der Waals surface area contributed by atoms with Crippen LogP contribution in [0.15, 0.2) is 72.1 Å². The molecule has 0 aliphatic carbocycles. The fourth-order valence-corrected chi connectivity index (χ4v) is 3.46. The number of carbonyl (C=O) groups excluding carboxylic acids is 1. The van der Waals surface area contributed by atoms with Gasteiger partial charge in [-0.2, -0.15) is 18.3 Å². The Balaban J connectivity index is 1.80. The van der Waals surface area contributed by atoms with E-state index in [1.165, 1.54) is 12.3 Å². The summed E-state index contributed by atoms with van der Waals surface area (Å²) in [6.45, 7) is 0. The summed E-state index contributed by atoms with van der Waals surface area (Å²) >= 11 is 0. The highest BCUT2D eigenvalue weighted by Gasteiger charge is 2.39. The van der Waals surface area contributed by atoms with Gasteiger partial charge in [-0.1, -0.05) is 30.3 Å². The average Bonchev–Trinajstić information content (AvgIpc) is 3.19. The van der Waals surface area contributed by atoms with Gasteiger partial charge in [0.15, 0.2) is 0 Å². The van der Waals surface area contributed by atoms with Crippen LogP contribution in [0, 0.1) is 5.82 Å². The number of carbonyl (C=O) groups is 1. The summed E-state index contributed by atoms with van der Waals surface area (Å²) in [6, 6.07) is 11.3. The molecule has 3 aromatic rings. The Morgan fingerprint density at radius 3 is 2.52 bits per heavy atom. The predicted octanol–water partition coefficient (Wildman–Crippen LogP) is 4.94. The molecule has 2 heterocycles. The summed E-state index contributed by atoms with van der Waals surface area (Å²) in [5.41, 5.74) is -0.921.